The van der Waals surface area contributed by atoms with E-state index >= 15 is 0 Å². The van der Waals surface area contributed by atoms with Crippen LogP contribution in [-0.2, 0) is 28.6 Å². The summed E-state index contributed by atoms with van der Waals surface area (Å²) in [6.07, 6.45) is 6.97. The Morgan fingerprint density at radius 2 is 1.93 bits per heavy atom. The van der Waals surface area contributed by atoms with Gasteiger partial charge in [0.25, 0.3) is 0 Å². The number of morpholine rings is 1. The van der Waals surface area contributed by atoms with Crippen molar-refractivity contribution in [2.45, 2.75) is 76.2 Å². The van der Waals surface area contributed by atoms with Crippen LogP contribution in [0.15, 0.2) is 25.3 Å². The molecule has 6 atom stereocenters. The lowest BCUT2D eigenvalue weighted by molar-refractivity contribution is -0.162. The molecule has 4 saturated heterocycles. The van der Waals surface area contributed by atoms with Crippen molar-refractivity contribution < 1.29 is 33.7 Å². The summed E-state index contributed by atoms with van der Waals surface area (Å²) in [7, 11) is 0. The van der Waals surface area contributed by atoms with E-state index in [1.54, 1.807) is 15.9 Å². The normalized spacial score (nSPS) is 31.8. The second-order valence-electron chi connectivity index (χ2n) is 12.4. The van der Waals surface area contributed by atoms with E-state index in [1.165, 1.54) is 0 Å². The zero-order valence-electron chi connectivity index (χ0n) is 25.1. The van der Waals surface area contributed by atoms with Gasteiger partial charge in [-0.2, -0.15) is 0 Å². The van der Waals surface area contributed by atoms with Gasteiger partial charge in [-0.25, -0.2) is 0 Å². The molecule has 10 heteroatoms. The van der Waals surface area contributed by atoms with E-state index in [0.29, 0.717) is 52.1 Å². The number of carbonyl (C=O) groups is 3. The van der Waals surface area contributed by atoms with Crippen molar-refractivity contribution in [3.63, 3.8) is 0 Å². The minimum absolute atomic E-state index is 0.112. The van der Waals surface area contributed by atoms with Gasteiger partial charge in [0.15, 0.2) is 0 Å². The number of amides is 2. The van der Waals surface area contributed by atoms with E-state index in [4.69, 9.17) is 14.2 Å². The Hall–Kier alpha value is -2.27. The summed E-state index contributed by atoms with van der Waals surface area (Å²) in [4.78, 5) is 48.0. The molecule has 2 amide bonds. The zero-order valence-corrected chi connectivity index (χ0v) is 25.1. The summed E-state index contributed by atoms with van der Waals surface area (Å²) in [5.74, 6) is -2.74. The number of ether oxygens (including phenoxy) is 3. The van der Waals surface area contributed by atoms with Gasteiger partial charge in [-0.1, -0.05) is 26.0 Å². The first kappa shape index (κ1) is 31.7. The summed E-state index contributed by atoms with van der Waals surface area (Å²) in [6.45, 7) is 17.7. The van der Waals surface area contributed by atoms with Crippen LogP contribution < -0.4 is 0 Å². The van der Waals surface area contributed by atoms with Crippen LogP contribution in [0.2, 0.25) is 0 Å². The molecule has 0 saturated carbocycles. The molecule has 10 nitrogen and oxygen atoms in total. The van der Waals surface area contributed by atoms with Crippen LogP contribution in [0, 0.1) is 17.8 Å². The van der Waals surface area contributed by atoms with E-state index in [0.717, 1.165) is 25.9 Å². The molecule has 4 rings (SSSR count). The van der Waals surface area contributed by atoms with E-state index in [1.807, 2.05) is 26.8 Å². The van der Waals surface area contributed by atoms with E-state index in [9.17, 15) is 19.5 Å². The molecule has 0 radical (unpaired) electrons. The number of hydrogen-bond donors (Lipinski definition) is 1. The number of aliphatic hydroxyl groups is 1. The van der Waals surface area contributed by atoms with Crippen molar-refractivity contribution in [3.8, 4) is 0 Å². The topological polar surface area (TPSA) is 109 Å². The fourth-order valence-corrected chi connectivity index (χ4v) is 7.34. The Morgan fingerprint density at radius 3 is 2.56 bits per heavy atom. The van der Waals surface area contributed by atoms with E-state index < -0.39 is 41.1 Å². The number of rotatable bonds is 15. The molecule has 0 aliphatic carbocycles. The SMILES string of the molecule is C=CCCCCOC(=O)[C@@H]1[C@H]2C(=O)N([C@@H](CO)C(C)C)C(C(=O)N(CC=C)CCN3CCOCC3)C23CC[C@@]1(C)O3. The van der Waals surface area contributed by atoms with Crippen molar-refractivity contribution >= 4 is 17.8 Å². The van der Waals surface area contributed by atoms with Crippen LogP contribution in [0.25, 0.3) is 0 Å². The average molecular weight is 576 g/mol. The largest absolute Gasteiger partial charge is 0.465 e. The molecule has 4 fully saturated rings. The monoisotopic (exact) mass is 575 g/mol. The summed E-state index contributed by atoms with van der Waals surface area (Å²) >= 11 is 0. The standard InChI is InChI=1S/C31H49N3O7/c1-6-8-9-10-18-40-29(38)25-24-27(36)34(23(21-35)22(3)4)26(31(24)12-11-30(25,5)41-31)28(37)33(13-7-2)15-14-32-16-19-39-20-17-32/h6-7,22-26,35H,1-2,8-21H2,3-5H3/t23-,24-,25-,26?,30+,31?/m0/s1. The summed E-state index contributed by atoms with van der Waals surface area (Å²) in [5.41, 5.74) is -2.05. The molecular formula is C31H49N3O7. The molecule has 4 aliphatic rings. The van der Waals surface area contributed by atoms with Crippen LogP contribution in [0.3, 0.4) is 0 Å². The third-order valence-corrected chi connectivity index (χ3v) is 9.51. The minimum Gasteiger partial charge on any atom is -0.465 e. The van der Waals surface area contributed by atoms with Crippen LogP contribution in [-0.4, -0.2) is 120 Å². The average Bonchev–Trinajstić information content (AvgIpc) is 3.52. The molecule has 0 aromatic rings. The predicted molar refractivity (Wildman–Crippen MR) is 154 cm³/mol. The second-order valence-corrected chi connectivity index (χ2v) is 12.4. The quantitative estimate of drug-likeness (QED) is 0.180. The van der Waals surface area contributed by atoms with Gasteiger partial charge in [-0.3, -0.25) is 19.3 Å². The Balaban J connectivity index is 1.65. The minimum atomic E-state index is -1.16. The van der Waals surface area contributed by atoms with Crippen LogP contribution in [0.1, 0.15) is 52.9 Å². The lowest BCUT2D eigenvalue weighted by Crippen LogP contribution is -2.60. The molecule has 1 spiro atoms. The Bertz CT molecular complexity index is 983. The fraction of sp³-hybridized carbons (Fsp3) is 0.774. The van der Waals surface area contributed by atoms with E-state index in [2.05, 4.69) is 18.1 Å². The molecule has 2 bridgehead atoms. The smallest absolute Gasteiger partial charge is 0.312 e. The molecule has 0 aromatic heterocycles. The molecule has 4 heterocycles. The van der Waals surface area contributed by atoms with E-state index in [-0.39, 0.29) is 30.9 Å². The second kappa shape index (κ2) is 13.4. The van der Waals surface area contributed by atoms with Crippen molar-refractivity contribution in [1.82, 2.24) is 14.7 Å². The van der Waals surface area contributed by atoms with Crippen molar-refractivity contribution in [2.75, 3.05) is 59.2 Å². The van der Waals surface area contributed by atoms with Gasteiger partial charge in [0.05, 0.1) is 44.0 Å². The maximum Gasteiger partial charge on any atom is 0.312 e. The molecule has 4 aliphatic heterocycles. The number of allylic oxidation sites excluding steroid dienone is 1. The Kier molecular flexibility index (Phi) is 10.3. The number of nitrogens with zero attached hydrogens (tertiary/aromatic N) is 3. The first-order valence-electron chi connectivity index (χ1n) is 15.3. The van der Waals surface area contributed by atoms with Gasteiger partial charge in [-0.05, 0) is 44.9 Å². The zero-order chi connectivity index (χ0) is 29.8. The summed E-state index contributed by atoms with van der Waals surface area (Å²) < 4.78 is 17.9. The molecule has 41 heavy (non-hydrogen) atoms. The fourth-order valence-electron chi connectivity index (χ4n) is 7.34. The molecular weight excluding hydrogens is 526 g/mol. The number of fused-ring (bicyclic) bond motifs is 1. The van der Waals surface area contributed by atoms with Crippen molar-refractivity contribution in [1.29, 1.82) is 0 Å². The first-order valence-corrected chi connectivity index (χ1v) is 15.3. The molecule has 230 valence electrons. The maximum absolute atomic E-state index is 14.5. The summed E-state index contributed by atoms with van der Waals surface area (Å²) in [5, 5.41) is 10.4. The number of unbranched alkanes of at least 4 members (excludes halogenated alkanes) is 2. The highest BCUT2D eigenvalue weighted by Crippen LogP contribution is 2.63. The highest BCUT2D eigenvalue weighted by molar-refractivity contribution is 5.98. The maximum atomic E-state index is 14.5. The number of hydrogen-bond acceptors (Lipinski definition) is 8. The van der Waals surface area contributed by atoms with Crippen LogP contribution in [0.5, 0.6) is 0 Å². The van der Waals surface area contributed by atoms with Gasteiger partial charge in [-0.15, -0.1) is 13.2 Å². The van der Waals surface area contributed by atoms with Crippen molar-refractivity contribution in [2.24, 2.45) is 17.8 Å². The molecule has 1 N–H and O–H groups in total. The highest BCUT2D eigenvalue weighted by atomic mass is 16.6. The van der Waals surface area contributed by atoms with Crippen molar-refractivity contribution in [3.05, 3.63) is 25.3 Å². The summed E-state index contributed by atoms with van der Waals surface area (Å²) in [6, 6.07) is -1.54. The number of likely N-dealkylation sites (tertiary alicyclic amines) is 1. The predicted octanol–water partition coefficient (Wildman–Crippen LogP) is 2.01. The lowest BCUT2D eigenvalue weighted by atomic mass is 9.66. The Morgan fingerprint density at radius 1 is 1.20 bits per heavy atom. The first-order chi connectivity index (χ1) is 19.6. The van der Waals surface area contributed by atoms with Gasteiger partial charge < -0.3 is 29.1 Å². The van der Waals surface area contributed by atoms with Crippen LogP contribution in [0.4, 0.5) is 0 Å². The van der Waals surface area contributed by atoms with Gasteiger partial charge >= 0.3 is 5.97 Å². The highest BCUT2D eigenvalue weighted by Gasteiger charge is 2.79. The Labute approximate surface area is 244 Å². The van der Waals surface area contributed by atoms with Gasteiger partial charge in [0.1, 0.15) is 17.6 Å². The molecule has 2 unspecified atom stereocenters. The number of aliphatic hydroxyl groups excluding tert-OH is 1. The third kappa shape index (κ3) is 5.98. The van der Waals surface area contributed by atoms with Gasteiger partial charge in [0.2, 0.25) is 11.8 Å². The number of esters is 1. The van der Waals surface area contributed by atoms with Gasteiger partial charge in [0, 0.05) is 32.7 Å². The van der Waals surface area contributed by atoms with Crippen LogP contribution >= 0.6 is 0 Å². The number of carbonyl (C=O) groups excluding carboxylic acids is 3. The lowest BCUT2D eigenvalue weighted by Gasteiger charge is -2.41. The third-order valence-electron chi connectivity index (χ3n) is 9.51. The molecule has 0 aromatic carbocycles.